The van der Waals surface area contributed by atoms with Gasteiger partial charge in [0.1, 0.15) is 36.3 Å². The fourth-order valence-electron chi connectivity index (χ4n) is 7.28. The summed E-state index contributed by atoms with van der Waals surface area (Å²) < 4.78 is 62.5. The summed E-state index contributed by atoms with van der Waals surface area (Å²) in [5.74, 6) is -3.41. The largest absolute Gasteiger partial charge is 0.481 e. The maximum Gasteiger partial charge on any atom is 0.481 e. The molecule has 17 N–H and O–H groups in total. The number of carbonyl (C=O) groups is 5. The third kappa shape index (κ3) is 17.6. The van der Waals surface area contributed by atoms with E-state index in [4.69, 9.17) is 25.3 Å². The van der Waals surface area contributed by atoms with Crippen LogP contribution >= 0.6 is 35.2 Å². The Kier molecular flexibility index (Phi) is 20.6. The summed E-state index contributed by atoms with van der Waals surface area (Å²) in [7, 11) is -16.6. The van der Waals surface area contributed by atoms with Gasteiger partial charge in [-0.2, -0.15) is 9.29 Å². The van der Waals surface area contributed by atoms with E-state index in [9.17, 15) is 77.4 Å². The van der Waals surface area contributed by atoms with Gasteiger partial charge in [-0.25, -0.2) is 33.6 Å². The summed E-state index contributed by atoms with van der Waals surface area (Å²) in [5.41, 5.74) is 10.6. The Morgan fingerprint density at radius 3 is 2.39 bits per heavy atom. The first-order valence-electron chi connectivity index (χ1n) is 23.1. The molecule has 0 aliphatic carbocycles. The number of carboxylic acid groups (broad SMARTS) is 1. The lowest BCUT2D eigenvalue weighted by Crippen LogP contribution is -2.46. The highest BCUT2D eigenvalue weighted by atomic mass is 32.2. The zero-order valence-corrected chi connectivity index (χ0v) is 44.9. The van der Waals surface area contributed by atoms with Crippen LogP contribution in [0.5, 0.6) is 0 Å². The van der Waals surface area contributed by atoms with Gasteiger partial charge >= 0.3 is 29.4 Å². The monoisotopic (exact) mass is 1190 g/mol. The molecular formula is C40H55N14O21P3S. The van der Waals surface area contributed by atoms with Crippen molar-refractivity contribution in [3.05, 3.63) is 52.8 Å². The predicted octanol–water partition coefficient (Wildman–Crippen LogP) is -1.40. The number of anilines is 4. The number of H-pyrrole nitrogens is 1. The van der Waals surface area contributed by atoms with Gasteiger partial charge in [-0.05, 0) is 30.7 Å². The molecule has 8 atom stereocenters. The molecule has 0 bridgehead atoms. The van der Waals surface area contributed by atoms with Crippen LogP contribution in [0.15, 0.2) is 46.7 Å². The maximum absolute atomic E-state index is 13.1. The van der Waals surface area contributed by atoms with Crippen LogP contribution in [0, 0.1) is 5.41 Å². The first-order chi connectivity index (χ1) is 37.0. The van der Waals surface area contributed by atoms with Crippen molar-refractivity contribution in [1.29, 1.82) is 0 Å². The SMILES string of the molecule is CC(C)(COP(=O)(O)OP(=O)(O)OCC1OC(n2cnc3c(N)ncnc32)C(O)C1OP(=O)(O)O)C(O)C(=O)NCCC(=O)NCCSC(=O)C(CCC(=O)O)NC(=O)c1ccc(NCC2=Nc3c(nc(N)[nH]c3=O)NC2)cc1. The van der Waals surface area contributed by atoms with Gasteiger partial charge in [0.25, 0.3) is 11.5 Å². The van der Waals surface area contributed by atoms with E-state index in [0.29, 0.717) is 11.4 Å². The fraction of sp³-hybridized carbons (Fsp3) is 0.475. The molecule has 3 amide bonds. The Morgan fingerprint density at radius 2 is 1.70 bits per heavy atom. The first kappa shape index (κ1) is 61.9. The van der Waals surface area contributed by atoms with Crippen molar-refractivity contribution in [1.82, 2.24) is 45.4 Å². The van der Waals surface area contributed by atoms with Gasteiger partial charge in [0, 0.05) is 48.3 Å². The third-order valence-corrected chi connectivity index (χ3v) is 15.3. The number of phosphoric ester groups is 3. The van der Waals surface area contributed by atoms with Crippen molar-refractivity contribution in [2.24, 2.45) is 10.4 Å². The number of nitrogens with zero attached hydrogens (tertiary/aromatic N) is 6. The van der Waals surface area contributed by atoms with Crippen LogP contribution in [0.4, 0.5) is 29.0 Å². The van der Waals surface area contributed by atoms with Crippen LogP contribution in [0.3, 0.4) is 0 Å². The van der Waals surface area contributed by atoms with Crippen molar-refractivity contribution in [3.63, 3.8) is 0 Å². The minimum absolute atomic E-state index is 0.00255. The number of phosphoric acid groups is 3. The van der Waals surface area contributed by atoms with Crippen molar-refractivity contribution >= 4 is 110 Å². The number of aliphatic hydroxyl groups is 2. The number of carbonyl (C=O) groups excluding carboxylic acids is 4. The lowest BCUT2D eigenvalue weighted by molar-refractivity contribution is -0.138. The molecule has 79 heavy (non-hydrogen) atoms. The second-order valence-electron chi connectivity index (χ2n) is 17.8. The molecule has 1 aromatic carbocycles. The van der Waals surface area contributed by atoms with E-state index in [1.54, 1.807) is 12.1 Å². The average Bonchev–Trinajstić information content (AvgIpc) is 3.97. The van der Waals surface area contributed by atoms with Gasteiger partial charge in [0.15, 0.2) is 29.2 Å². The lowest BCUT2D eigenvalue weighted by Gasteiger charge is -2.30. The summed E-state index contributed by atoms with van der Waals surface area (Å²) in [5, 5.41) is 43.8. The number of imidazole rings is 1. The Balaban J connectivity index is 0.892. The number of aliphatic imine (C=N–C) groups is 1. The minimum atomic E-state index is -5.65. The Hall–Kier alpha value is -6.33. The molecule has 5 heterocycles. The number of amides is 3. The molecule has 4 aromatic rings. The molecular weight excluding hydrogens is 1140 g/mol. The molecule has 2 aliphatic heterocycles. The number of rotatable bonds is 28. The zero-order chi connectivity index (χ0) is 58.0. The van der Waals surface area contributed by atoms with Gasteiger partial charge < -0.3 is 77.7 Å². The highest BCUT2D eigenvalue weighted by Gasteiger charge is 2.50. The maximum atomic E-state index is 13.1. The topological polar surface area (TPSA) is 538 Å². The van der Waals surface area contributed by atoms with Crippen LogP contribution in [-0.4, -0.2) is 175 Å². The van der Waals surface area contributed by atoms with Crippen LogP contribution in [0.25, 0.3) is 11.2 Å². The van der Waals surface area contributed by atoms with Gasteiger partial charge in [0.05, 0.1) is 44.4 Å². The summed E-state index contributed by atoms with van der Waals surface area (Å²) in [4.78, 5) is 137. The van der Waals surface area contributed by atoms with E-state index in [2.05, 4.69) is 65.3 Å². The van der Waals surface area contributed by atoms with E-state index in [1.807, 2.05) is 0 Å². The number of thioether (sulfide) groups is 1. The Labute approximate surface area is 449 Å². The summed E-state index contributed by atoms with van der Waals surface area (Å²) in [6, 6.07) is 4.92. The molecule has 2 aliphatic rings. The second-order valence-corrected chi connectivity index (χ2v) is 23.1. The Bertz CT molecular complexity index is 3150. The van der Waals surface area contributed by atoms with Crippen LogP contribution < -0.4 is 43.6 Å². The van der Waals surface area contributed by atoms with Crippen LogP contribution in [0.1, 0.15) is 49.7 Å². The van der Waals surface area contributed by atoms with E-state index in [0.717, 1.165) is 29.0 Å². The normalized spacial score (nSPS) is 19.6. The number of carboxylic acids is 1. The predicted molar refractivity (Wildman–Crippen MR) is 275 cm³/mol. The number of aliphatic hydroxyl groups excluding tert-OH is 2. The van der Waals surface area contributed by atoms with E-state index < -0.39 is 120 Å². The highest BCUT2D eigenvalue weighted by Crippen LogP contribution is 2.61. The van der Waals surface area contributed by atoms with Crippen molar-refractivity contribution < 1.29 is 95.2 Å². The number of fused-ring (bicyclic) bond motifs is 2. The van der Waals surface area contributed by atoms with Gasteiger partial charge in [-0.3, -0.25) is 51.9 Å². The molecule has 0 spiro atoms. The van der Waals surface area contributed by atoms with Gasteiger partial charge in [-0.15, -0.1) is 0 Å². The van der Waals surface area contributed by atoms with Crippen molar-refractivity contribution in [2.45, 2.75) is 69.8 Å². The number of nitrogens with one attached hydrogen (secondary N) is 6. The molecule has 1 saturated heterocycles. The summed E-state index contributed by atoms with van der Waals surface area (Å²) in [6.07, 6.45) is -8.07. The number of nitrogen functional groups attached to an aromatic ring is 2. The molecule has 35 nitrogen and oxygen atoms in total. The number of aromatic nitrogens is 6. The zero-order valence-electron chi connectivity index (χ0n) is 41.4. The number of benzene rings is 1. The third-order valence-electron chi connectivity index (χ3n) is 11.3. The number of hydrogen-bond donors (Lipinski definition) is 15. The number of aromatic amines is 1. The van der Waals surface area contributed by atoms with Crippen molar-refractivity contribution in [2.75, 3.05) is 67.2 Å². The van der Waals surface area contributed by atoms with E-state index in [1.165, 1.54) is 26.0 Å². The molecule has 3 aromatic heterocycles. The summed E-state index contributed by atoms with van der Waals surface area (Å²) >= 11 is 0.721. The standard InChI is InChI=1S/C40H55N14O21P3S/c1-40(2,16-72-78(69,70)75-77(67,68)71-15-23-29(74-76(64,65)66)28(58)37(73-23)54-18-49-26-31(41)47-17-48-33(26)54)30(59)36(62)44-10-9-24(55)43-11-12-79-38(63)22(7-8-25(56)57)51-34(60)19-3-5-20(6-4-19)45-13-21-14-46-32-27(50-21)35(61)53-39(42)52-32/h3-6,17-18,22-23,28-30,37,45,58-59H,7-16H2,1-2H3,(H,43,55)(H,44,62)(H,51,60)(H,56,57)(H,67,68)(H,69,70)(H2,41,47,48)(H2,64,65,66)(H4,42,46,52,53,61). The van der Waals surface area contributed by atoms with Crippen LogP contribution in [-0.2, 0) is 55.5 Å². The molecule has 6 rings (SSSR count). The minimum Gasteiger partial charge on any atom is -0.481 e. The molecule has 432 valence electrons. The quantitative estimate of drug-likeness (QED) is 0.0230. The Morgan fingerprint density at radius 1 is 0.987 bits per heavy atom. The average molecular weight is 1190 g/mol. The van der Waals surface area contributed by atoms with Gasteiger partial charge in [-0.1, -0.05) is 25.6 Å². The molecule has 8 unspecified atom stereocenters. The molecule has 39 heteroatoms. The number of nitrogens with two attached hydrogens (primary N) is 2. The second kappa shape index (κ2) is 26.3. The number of aliphatic carboxylic acids is 1. The number of ether oxygens (including phenoxy) is 1. The molecule has 0 saturated carbocycles. The first-order valence-corrected chi connectivity index (χ1v) is 28.6. The van der Waals surface area contributed by atoms with E-state index >= 15 is 0 Å². The van der Waals surface area contributed by atoms with Crippen molar-refractivity contribution in [3.8, 4) is 0 Å². The van der Waals surface area contributed by atoms with Crippen LogP contribution in [0.2, 0.25) is 0 Å². The smallest absolute Gasteiger partial charge is 0.481 e. The molecule has 0 radical (unpaired) electrons. The van der Waals surface area contributed by atoms with Gasteiger partial charge in [0.2, 0.25) is 22.9 Å². The van der Waals surface area contributed by atoms with E-state index in [-0.39, 0.29) is 84.8 Å². The molecule has 1 fully saturated rings. The number of hydrogen-bond acceptors (Lipinski definition) is 26. The lowest BCUT2D eigenvalue weighted by atomic mass is 9.87. The fourth-order valence-corrected chi connectivity index (χ4v) is 10.9. The summed E-state index contributed by atoms with van der Waals surface area (Å²) in [6.45, 7) is 0.374. The highest BCUT2D eigenvalue weighted by molar-refractivity contribution is 8.13.